The number of methoxy groups -OCH3 is 2. The molecule has 2 rings (SSSR count). The molecule has 4 unspecified atom stereocenters. The average molecular weight is 606 g/mol. The van der Waals surface area contributed by atoms with Crippen molar-refractivity contribution in [3.8, 4) is 11.5 Å². The fraction of sp³-hybridized carbons (Fsp3) is 0.800. The molecule has 43 heavy (non-hydrogen) atoms. The molecule has 8 nitrogen and oxygen atoms in total. The number of aliphatic hydroxyl groups is 1. The molecule has 4 atom stereocenters. The maximum absolute atomic E-state index is 13.6. The van der Waals surface area contributed by atoms with Gasteiger partial charge in [0.25, 0.3) is 0 Å². The number of carbonyl (C=O) groups excluding carboxylic acids is 1. The van der Waals surface area contributed by atoms with E-state index in [1.807, 2.05) is 12.1 Å². The molecule has 0 aromatic heterocycles. The van der Waals surface area contributed by atoms with Crippen LogP contribution in [0.15, 0.2) is 18.2 Å². The van der Waals surface area contributed by atoms with Crippen LogP contribution in [0.25, 0.3) is 0 Å². The second-order valence-corrected chi connectivity index (χ2v) is 14.7. The number of piperidine rings is 1. The van der Waals surface area contributed by atoms with E-state index in [4.69, 9.17) is 19.9 Å². The Morgan fingerprint density at radius 3 is 2.19 bits per heavy atom. The fourth-order valence-corrected chi connectivity index (χ4v) is 6.65. The maximum atomic E-state index is 13.6. The Morgan fingerprint density at radius 2 is 1.65 bits per heavy atom. The van der Waals surface area contributed by atoms with Crippen LogP contribution < -0.4 is 20.5 Å². The molecule has 1 fully saturated rings. The summed E-state index contributed by atoms with van der Waals surface area (Å²) in [6, 6.07) is 5.75. The molecule has 0 bridgehead atoms. The number of nitrogens with two attached hydrogens (primary N) is 1. The third kappa shape index (κ3) is 10.9. The molecule has 0 aliphatic carbocycles. The van der Waals surface area contributed by atoms with E-state index in [1.165, 1.54) is 0 Å². The maximum Gasteiger partial charge on any atom is 0.223 e. The van der Waals surface area contributed by atoms with Crippen molar-refractivity contribution in [2.24, 2.45) is 29.4 Å². The third-order valence-corrected chi connectivity index (χ3v) is 9.78. The van der Waals surface area contributed by atoms with Crippen LogP contribution in [0, 0.1) is 23.7 Å². The van der Waals surface area contributed by atoms with Crippen LogP contribution in [-0.2, 0) is 16.0 Å². The van der Waals surface area contributed by atoms with Crippen molar-refractivity contribution in [1.82, 2.24) is 10.2 Å². The van der Waals surface area contributed by atoms with E-state index in [0.29, 0.717) is 37.7 Å². The Bertz CT molecular complexity index is 978. The van der Waals surface area contributed by atoms with Gasteiger partial charge in [-0.1, -0.05) is 33.8 Å². The number of amides is 1. The van der Waals surface area contributed by atoms with Gasteiger partial charge in [0.15, 0.2) is 11.5 Å². The number of hydrogen-bond donors (Lipinski definition) is 3. The predicted octanol–water partition coefficient (Wildman–Crippen LogP) is 5.43. The molecule has 0 saturated carbocycles. The van der Waals surface area contributed by atoms with Crippen LogP contribution in [0.5, 0.6) is 11.5 Å². The van der Waals surface area contributed by atoms with Crippen LogP contribution in [0.3, 0.4) is 0 Å². The van der Waals surface area contributed by atoms with Gasteiger partial charge in [-0.2, -0.15) is 0 Å². The number of benzene rings is 1. The summed E-state index contributed by atoms with van der Waals surface area (Å²) in [7, 11) is 5.50. The first kappa shape index (κ1) is 37.3. The van der Waals surface area contributed by atoms with Gasteiger partial charge >= 0.3 is 0 Å². The topological polar surface area (TPSA) is 106 Å². The zero-order valence-corrected chi connectivity index (χ0v) is 29.0. The second-order valence-electron chi connectivity index (χ2n) is 14.7. The van der Waals surface area contributed by atoms with E-state index >= 15 is 0 Å². The smallest absolute Gasteiger partial charge is 0.223 e. The van der Waals surface area contributed by atoms with E-state index in [2.05, 4.69) is 78.7 Å². The molecule has 248 valence electrons. The number of rotatable bonds is 17. The highest BCUT2D eigenvalue weighted by Gasteiger charge is 2.44. The third-order valence-electron chi connectivity index (χ3n) is 9.78. The van der Waals surface area contributed by atoms with Crippen molar-refractivity contribution in [2.45, 2.75) is 123 Å². The Labute approximate surface area is 262 Å². The van der Waals surface area contributed by atoms with Crippen LogP contribution in [0.1, 0.15) is 93.1 Å². The lowest BCUT2D eigenvalue weighted by Crippen LogP contribution is -2.63. The molecule has 1 heterocycles. The standard InChI is InChI=1S/C35H63N3O5/c1-23(2)26(17-25-13-14-31(42-11)32(18-25)43-16-12-15-41-10)19-29(36)30(39)20-28(24(3)4)33(40)37-27-21-34(5,6)38(9)35(7,8)22-27/h13-14,18,23-24,26-30,39H,12,15-17,19-22,36H2,1-11H3,(H,37,40). The first-order valence-corrected chi connectivity index (χ1v) is 16.3. The van der Waals surface area contributed by atoms with Crippen LogP contribution >= 0.6 is 0 Å². The molecule has 1 aliphatic rings. The zero-order valence-electron chi connectivity index (χ0n) is 29.0. The van der Waals surface area contributed by atoms with Gasteiger partial charge in [-0.05, 0) is 102 Å². The first-order valence-electron chi connectivity index (χ1n) is 16.3. The van der Waals surface area contributed by atoms with Gasteiger partial charge in [0.2, 0.25) is 5.91 Å². The monoisotopic (exact) mass is 605 g/mol. The van der Waals surface area contributed by atoms with Gasteiger partial charge in [0.1, 0.15) is 0 Å². The summed E-state index contributed by atoms with van der Waals surface area (Å²) in [5.41, 5.74) is 7.77. The Hall–Kier alpha value is -1.87. The minimum Gasteiger partial charge on any atom is -0.493 e. The quantitative estimate of drug-likeness (QED) is 0.203. The normalized spacial score (nSPS) is 20.1. The number of nitrogens with zero attached hydrogens (tertiary/aromatic N) is 1. The van der Waals surface area contributed by atoms with E-state index in [9.17, 15) is 9.90 Å². The number of nitrogens with one attached hydrogen (secondary N) is 1. The van der Waals surface area contributed by atoms with E-state index in [1.54, 1.807) is 14.2 Å². The van der Waals surface area contributed by atoms with Crippen LogP contribution in [-0.4, -0.2) is 79.7 Å². The number of hydrogen-bond acceptors (Lipinski definition) is 7. The number of aliphatic hydroxyl groups excluding tert-OH is 1. The zero-order chi connectivity index (χ0) is 32.5. The van der Waals surface area contributed by atoms with Crippen molar-refractivity contribution >= 4 is 5.91 Å². The predicted molar refractivity (Wildman–Crippen MR) is 176 cm³/mol. The summed E-state index contributed by atoms with van der Waals surface area (Å²) in [5.74, 6) is 1.88. The van der Waals surface area contributed by atoms with E-state index in [0.717, 1.165) is 37.0 Å². The summed E-state index contributed by atoms with van der Waals surface area (Å²) < 4.78 is 16.6. The van der Waals surface area contributed by atoms with Gasteiger partial charge in [-0.15, -0.1) is 0 Å². The van der Waals surface area contributed by atoms with Gasteiger partial charge in [-0.25, -0.2) is 0 Å². The highest BCUT2D eigenvalue weighted by atomic mass is 16.5. The molecule has 1 aromatic carbocycles. The summed E-state index contributed by atoms with van der Waals surface area (Å²) >= 11 is 0. The van der Waals surface area contributed by atoms with E-state index < -0.39 is 12.1 Å². The van der Waals surface area contributed by atoms with Crippen molar-refractivity contribution in [3.05, 3.63) is 23.8 Å². The Kier molecular flexibility index (Phi) is 14.3. The highest BCUT2D eigenvalue weighted by Crippen LogP contribution is 2.37. The Balaban J connectivity index is 2.05. The lowest BCUT2D eigenvalue weighted by molar-refractivity contribution is -0.130. The molecule has 1 amide bonds. The summed E-state index contributed by atoms with van der Waals surface area (Å²) in [4.78, 5) is 16.0. The summed E-state index contributed by atoms with van der Waals surface area (Å²) in [5, 5.41) is 14.6. The largest absolute Gasteiger partial charge is 0.493 e. The van der Waals surface area contributed by atoms with Gasteiger partial charge in [0, 0.05) is 49.2 Å². The lowest BCUT2D eigenvalue weighted by Gasteiger charge is -2.53. The molecule has 8 heteroatoms. The fourth-order valence-electron chi connectivity index (χ4n) is 6.65. The molecule has 0 radical (unpaired) electrons. The van der Waals surface area contributed by atoms with Crippen molar-refractivity contribution in [2.75, 3.05) is 34.5 Å². The summed E-state index contributed by atoms with van der Waals surface area (Å²) in [6.07, 6.45) is 3.66. The van der Waals surface area contributed by atoms with Crippen molar-refractivity contribution < 1.29 is 24.1 Å². The minimum atomic E-state index is -0.764. The van der Waals surface area contributed by atoms with E-state index in [-0.39, 0.29) is 40.8 Å². The second kappa shape index (κ2) is 16.4. The number of ether oxygens (including phenoxy) is 3. The highest BCUT2D eigenvalue weighted by molar-refractivity contribution is 5.79. The van der Waals surface area contributed by atoms with Crippen LogP contribution in [0.2, 0.25) is 0 Å². The molecule has 1 aliphatic heterocycles. The SMILES string of the molecule is COCCCOc1cc(CC(CC(N)C(O)CC(C(=O)NC2CC(C)(C)N(C)C(C)(C)C2)C(C)C)C(C)C)ccc1OC. The lowest BCUT2D eigenvalue weighted by atomic mass is 9.77. The molecule has 0 spiro atoms. The first-order chi connectivity index (χ1) is 20.0. The summed E-state index contributed by atoms with van der Waals surface area (Å²) in [6.45, 7) is 18.7. The molecule has 1 saturated heterocycles. The molecular formula is C35H63N3O5. The number of likely N-dealkylation sites (tertiary alicyclic amines) is 1. The number of carbonyl (C=O) groups is 1. The minimum absolute atomic E-state index is 0.0124. The van der Waals surface area contributed by atoms with Gasteiger partial charge in [-0.3, -0.25) is 9.69 Å². The Morgan fingerprint density at radius 1 is 1.02 bits per heavy atom. The molecular weight excluding hydrogens is 542 g/mol. The van der Waals surface area contributed by atoms with Gasteiger partial charge < -0.3 is 30.4 Å². The van der Waals surface area contributed by atoms with Crippen molar-refractivity contribution in [1.29, 1.82) is 0 Å². The molecule has 4 N–H and O–H groups in total. The van der Waals surface area contributed by atoms with Gasteiger partial charge in [0.05, 0.1) is 19.8 Å². The molecule has 1 aromatic rings. The van der Waals surface area contributed by atoms with Crippen LogP contribution in [0.4, 0.5) is 0 Å². The van der Waals surface area contributed by atoms with Crippen molar-refractivity contribution in [3.63, 3.8) is 0 Å². The average Bonchev–Trinajstić information content (AvgIpc) is 2.91.